The van der Waals surface area contributed by atoms with E-state index in [2.05, 4.69) is 15.9 Å². The van der Waals surface area contributed by atoms with Crippen molar-refractivity contribution in [1.82, 2.24) is 0 Å². The number of anilines is 1. The second-order valence-electron chi connectivity index (χ2n) is 2.46. The molecule has 0 atom stereocenters. The molecule has 0 amide bonds. The monoisotopic (exact) mass is 243 g/mol. The van der Waals surface area contributed by atoms with Gasteiger partial charge in [0.1, 0.15) is 5.75 Å². The Balaban J connectivity index is 2.89. The van der Waals surface area contributed by atoms with E-state index in [1.807, 2.05) is 12.1 Å². The molecule has 12 heavy (non-hydrogen) atoms. The molecule has 1 heterocycles. The summed E-state index contributed by atoms with van der Waals surface area (Å²) in [6.07, 6.45) is 0. The van der Waals surface area contributed by atoms with Crippen molar-refractivity contribution in [1.29, 1.82) is 0 Å². The molecule has 0 saturated heterocycles. The first kappa shape index (κ1) is 7.89. The third-order valence-electron chi connectivity index (χ3n) is 1.63. The van der Waals surface area contributed by atoms with Crippen molar-refractivity contribution in [3.8, 4) is 5.75 Å². The first-order valence-corrected chi connectivity index (χ1v) is 4.96. The molecule has 0 spiro atoms. The maximum Gasteiger partial charge on any atom is 0.130 e. The van der Waals surface area contributed by atoms with Crippen molar-refractivity contribution < 1.29 is 5.11 Å². The molecule has 62 valence electrons. The van der Waals surface area contributed by atoms with Crippen LogP contribution in [0.25, 0.3) is 10.1 Å². The van der Waals surface area contributed by atoms with Crippen molar-refractivity contribution >= 4 is 42.4 Å². The molecule has 2 nitrogen and oxygen atoms in total. The number of benzene rings is 1. The number of fused-ring (bicyclic) bond motifs is 1. The van der Waals surface area contributed by atoms with E-state index >= 15 is 0 Å². The number of hydrogen-bond acceptors (Lipinski definition) is 3. The van der Waals surface area contributed by atoms with Gasteiger partial charge in [-0.15, -0.1) is 11.3 Å². The van der Waals surface area contributed by atoms with Crippen LogP contribution in [-0.4, -0.2) is 5.11 Å². The lowest BCUT2D eigenvalue weighted by Gasteiger charge is -1.96. The summed E-state index contributed by atoms with van der Waals surface area (Å²) < 4.78 is 1.80. The van der Waals surface area contributed by atoms with Gasteiger partial charge in [-0.25, -0.2) is 0 Å². The van der Waals surface area contributed by atoms with Gasteiger partial charge in [-0.2, -0.15) is 0 Å². The first-order chi connectivity index (χ1) is 5.68. The molecule has 4 heteroatoms. The maximum absolute atomic E-state index is 9.34. The molecule has 0 unspecified atom stereocenters. The summed E-state index contributed by atoms with van der Waals surface area (Å²) in [5, 5.41) is 11.1. The smallest absolute Gasteiger partial charge is 0.130 e. The molecule has 0 aliphatic rings. The van der Waals surface area contributed by atoms with Crippen molar-refractivity contribution in [2.75, 3.05) is 5.73 Å². The summed E-state index contributed by atoms with van der Waals surface area (Å²) in [6, 6.07) is 5.36. The number of halogens is 1. The van der Waals surface area contributed by atoms with Gasteiger partial charge in [-0.3, -0.25) is 0 Å². The third-order valence-corrected chi connectivity index (χ3v) is 3.40. The van der Waals surface area contributed by atoms with E-state index in [1.165, 1.54) is 11.3 Å². The summed E-state index contributed by atoms with van der Waals surface area (Å²) in [4.78, 5) is 0. The highest BCUT2D eigenvalue weighted by atomic mass is 79.9. The van der Waals surface area contributed by atoms with Gasteiger partial charge in [-0.1, -0.05) is 0 Å². The van der Waals surface area contributed by atoms with Gasteiger partial charge < -0.3 is 10.8 Å². The average Bonchev–Trinajstić information content (AvgIpc) is 2.39. The molecule has 0 radical (unpaired) electrons. The fraction of sp³-hybridized carbons (Fsp3) is 0. The van der Waals surface area contributed by atoms with Crippen LogP contribution in [0.2, 0.25) is 0 Å². The molecule has 0 aliphatic carbocycles. The van der Waals surface area contributed by atoms with E-state index in [4.69, 9.17) is 5.73 Å². The van der Waals surface area contributed by atoms with E-state index < -0.39 is 0 Å². The fourth-order valence-electron chi connectivity index (χ4n) is 1.09. The van der Waals surface area contributed by atoms with E-state index in [1.54, 1.807) is 6.07 Å². The zero-order chi connectivity index (χ0) is 8.72. The summed E-state index contributed by atoms with van der Waals surface area (Å²) in [5.41, 5.74) is 5.63. The summed E-state index contributed by atoms with van der Waals surface area (Å²) in [6.45, 7) is 0. The zero-order valence-corrected chi connectivity index (χ0v) is 8.45. The highest BCUT2D eigenvalue weighted by Gasteiger charge is 2.05. The van der Waals surface area contributed by atoms with Crippen LogP contribution in [0.5, 0.6) is 5.75 Å². The molecule has 0 aliphatic heterocycles. The Kier molecular flexibility index (Phi) is 1.73. The molecule has 0 saturated carbocycles. The van der Waals surface area contributed by atoms with Crippen LogP contribution in [-0.2, 0) is 0 Å². The van der Waals surface area contributed by atoms with Crippen LogP contribution < -0.4 is 5.73 Å². The Labute approximate surface area is 81.8 Å². The first-order valence-electron chi connectivity index (χ1n) is 3.35. The van der Waals surface area contributed by atoms with Crippen molar-refractivity contribution in [2.24, 2.45) is 0 Å². The fourth-order valence-corrected chi connectivity index (χ4v) is 2.52. The molecule has 3 N–H and O–H groups in total. The summed E-state index contributed by atoms with van der Waals surface area (Å²) in [5.74, 6) is 0.250. The highest BCUT2D eigenvalue weighted by molar-refractivity contribution is 9.10. The topological polar surface area (TPSA) is 46.2 Å². The molecule has 2 aromatic rings. The van der Waals surface area contributed by atoms with Gasteiger partial charge in [0.15, 0.2) is 0 Å². The lowest BCUT2D eigenvalue weighted by molar-refractivity contribution is 0.473. The zero-order valence-electron chi connectivity index (χ0n) is 6.04. The van der Waals surface area contributed by atoms with E-state index in [0.29, 0.717) is 4.47 Å². The van der Waals surface area contributed by atoms with Crippen LogP contribution in [0.1, 0.15) is 0 Å². The molecule has 1 aromatic heterocycles. The van der Waals surface area contributed by atoms with E-state index in [0.717, 1.165) is 15.1 Å². The number of nitrogens with two attached hydrogens (primary N) is 1. The van der Waals surface area contributed by atoms with E-state index in [9.17, 15) is 5.11 Å². The Bertz CT molecular complexity index is 438. The molecule has 0 bridgehead atoms. The third kappa shape index (κ3) is 1.07. The SMILES string of the molecule is Nc1cc2c(Br)c(O)ccc2s1. The van der Waals surface area contributed by atoms with Gasteiger partial charge in [0, 0.05) is 10.1 Å². The number of nitrogen functional groups attached to an aromatic ring is 1. The minimum Gasteiger partial charge on any atom is -0.507 e. The van der Waals surface area contributed by atoms with Crippen LogP contribution in [0.4, 0.5) is 5.00 Å². The lowest BCUT2D eigenvalue weighted by atomic mass is 10.2. The number of hydrogen-bond donors (Lipinski definition) is 2. The van der Waals surface area contributed by atoms with Crippen LogP contribution in [0.15, 0.2) is 22.7 Å². The van der Waals surface area contributed by atoms with Gasteiger partial charge in [0.2, 0.25) is 0 Å². The number of thiophene rings is 1. The predicted molar refractivity (Wildman–Crippen MR) is 55.6 cm³/mol. The quantitative estimate of drug-likeness (QED) is 0.748. The van der Waals surface area contributed by atoms with Gasteiger partial charge in [0.05, 0.1) is 9.47 Å². The lowest BCUT2D eigenvalue weighted by Crippen LogP contribution is -1.73. The van der Waals surface area contributed by atoms with Gasteiger partial charge in [0.25, 0.3) is 0 Å². The van der Waals surface area contributed by atoms with Crippen LogP contribution in [0, 0.1) is 0 Å². The Morgan fingerprint density at radius 3 is 2.92 bits per heavy atom. The Morgan fingerprint density at radius 2 is 2.17 bits per heavy atom. The molecular formula is C8H6BrNOS. The second kappa shape index (κ2) is 2.64. The normalized spacial score (nSPS) is 10.8. The predicted octanol–water partition coefficient (Wildman–Crippen LogP) is 2.95. The van der Waals surface area contributed by atoms with E-state index in [-0.39, 0.29) is 5.75 Å². The number of phenols is 1. The summed E-state index contributed by atoms with van der Waals surface area (Å²) >= 11 is 4.81. The summed E-state index contributed by atoms with van der Waals surface area (Å²) in [7, 11) is 0. The standard InChI is InChI=1S/C8H6BrNOS/c9-8-4-3-7(10)12-6(4)2-1-5(8)11/h1-3,11H,10H2. The Morgan fingerprint density at radius 1 is 1.42 bits per heavy atom. The van der Waals surface area contributed by atoms with Crippen LogP contribution >= 0.6 is 27.3 Å². The van der Waals surface area contributed by atoms with Crippen molar-refractivity contribution in [3.63, 3.8) is 0 Å². The molecule has 0 fully saturated rings. The van der Waals surface area contributed by atoms with Crippen LogP contribution in [0.3, 0.4) is 0 Å². The number of aromatic hydroxyl groups is 1. The number of phenolic OH excluding ortho intramolecular Hbond substituents is 1. The highest BCUT2D eigenvalue weighted by Crippen LogP contribution is 2.37. The van der Waals surface area contributed by atoms with Gasteiger partial charge in [-0.05, 0) is 34.1 Å². The molecule has 2 rings (SSSR count). The Hall–Kier alpha value is -0.740. The minimum absolute atomic E-state index is 0.250. The largest absolute Gasteiger partial charge is 0.507 e. The molecular weight excluding hydrogens is 238 g/mol. The average molecular weight is 244 g/mol. The van der Waals surface area contributed by atoms with Gasteiger partial charge >= 0.3 is 0 Å². The minimum atomic E-state index is 0.250. The molecule has 1 aromatic carbocycles. The van der Waals surface area contributed by atoms with Crippen molar-refractivity contribution in [3.05, 3.63) is 22.7 Å². The maximum atomic E-state index is 9.34. The number of rotatable bonds is 0. The second-order valence-corrected chi connectivity index (χ2v) is 4.37. The van der Waals surface area contributed by atoms with Crippen molar-refractivity contribution in [2.45, 2.75) is 0 Å².